The Morgan fingerprint density at radius 3 is 2.78 bits per heavy atom. The maximum Gasteiger partial charge on any atom is 0.341 e. The lowest BCUT2D eigenvalue weighted by molar-refractivity contribution is 0.0491. The molecule has 0 amide bonds. The minimum atomic E-state index is -0.511. The molecular weight excluding hydrogens is 304 g/mol. The van der Waals surface area contributed by atoms with E-state index in [4.69, 9.17) is 9.15 Å². The molecule has 3 aromatic rings. The predicted octanol–water partition coefficient (Wildman–Crippen LogP) is -0.116. The molecule has 0 fully saturated rings. The molecule has 0 spiro atoms. The molecule has 0 aliphatic heterocycles. The van der Waals surface area contributed by atoms with Gasteiger partial charge in [-0.15, -0.1) is 0 Å². The van der Waals surface area contributed by atoms with Crippen LogP contribution in [0.5, 0.6) is 0 Å². The van der Waals surface area contributed by atoms with Crippen molar-refractivity contribution >= 4 is 17.1 Å². The number of fused-ring (bicyclic) bond motifs is 1. The molecule has 3 aromatic heterocycles. The van der Waals surface area contributed by atoms with Crippen LogP contribution in [0, 0.1) is 0 Å². The van der Waals surface area contributed by atoms with Crippen LogP contribution in [-0.2, 0) is 25.4 Å². The molecule has 3 rings (SSSR count). The first-order valence-electron chi connectivity index (χ1n) is 6.81. The molecule has 3 heterocycles. The molecule has 0 unspecified atom stereocenters. The third-order valence-corrected chi connectivity index (χ3v) is 3.54. The minimum Gasteiger partial charge on any atom is -0.472 e. The number of hydrogen-bond acceptors (Lipinski definition) is 6. The Labute approximate surface area is 129 Å². The van der Waals surface area contributed by atoms with Gasteiger partial charge in [-0.3, -0.25) is 13.9 Å². The maximum absolute atomic E-state index is 12.2. The summed E-state index contributed by atoms with van der Waals surface area (Å²) in [5, 5.41) is 0. The van der Waals surface area contributed by atoms with Gasteiger partial charge in [0.05, 0.1) is 24.7 Å². The highest BCUT2D eigenvalue weighted by Gasteiger charge is 2.14. The van der Waals surface area contributed by atoms with E-state index in [-0.39, 0.29) is 18.7 Å². The zero-order valence-corrected chi connectivity index (χ0v) is 12.6. The number of furan rings is 1. The fourth-order valence-corrected chi connectivity index (χ4v) is 2.27. The summed E-state index contributed by atoms with van der Waals surface area (Å²) in [7, 11) is 2.95. The van der Waals surface area contributed by atoms with Gasteiger partial charge in [0.2, 0.25) is 0 Å². The van der Waals surface area contributed by atoms with Gasteiger partial charge in [-0.2, -0.15) is 0 Å². The van der Waals surface area contributed by atoms with Crippen molar-refractivity contribution in [3.8, 4) is 0 Å². The summed E-state index contributed by atoms with van der Waals surface area (Å²) in [4.78, 5) is 39.9. The first-order chi connectivity index (χ1) is 11.0. The molecule has 0 N–H and O–H groups in total. The standard InChI is InChI=1S/C14H14N4O5/c1-16-11-10(12(19)17(2)14(16)21)18(8-15-11)4-6-23-13(20)9-3-5-22-7-9/h3,5,7-8H,4,6H2,1-2H3. The zero-order valence-electron chi connectivity index (χ0n) is 12.6. The molecule has 0 aliphatic rings. The second kappa shape index (κ2) is 5.59. The first-order valence-corrected chi connectivity index (χ1v) is 6.81. The normalized spacial score (nSPS) is 11.0. The van der Waals surface area contributed by atoms with Gasteiger partial charge in [-0.25, -0.2) is 14.6 Å². The lowest BCUT2D eigenvalue weighted by atomic mass is 10.3. The van der Waals surface area contributed by atoms with Crippen molar-refractivity contribution in [2.75, 3.05) is 6.61 Å². The van der Waals surface area contributed by atoms with Gasteiger partial charge in [0.1, 0.15) is 12.9 Å². The number of nitrogens with zero attached hydrogens (tertiary/aromatic N) is 4. The number of ether oxygens (including phenoxy) is 1. The van der Waals surface area contributed by atoms with Crippen molar-refractivity contribution in [2.45, 2.75) is 6.54 Å². The van der Waals surface area contributed by atoms with Crippen LogP contribution in [0.4, 0.5) is 0 Å². The van der Waals surface area contributed by atoms with Crippen LogP contribution < -0.4 is 11.2 Å². The van der Waals surface area contributed by atoms with Crippen LogP contribution in [0.1, 0.15) is 10.4 Å². The van der Waals surface area contributed by atoms with Gasteiger partial charge in [0, 0.05) is 14.1 Å². The van der Waals surface area contributed by atoms with Gasteiger partial charge < -0.3 is 13.7 Å². The van der Waals surface area contributed by atoms with Crippen molar-refractivity contribution < 1.29 is 13.9 Å². The molecule has 0 atom stereocenters. The third kappa shape index (κ3) is 2.45. The van der Waals surface area contributed by atoms with Crippen molar-refractivity contribution in [1.82, 2.24) is 18.7 Å². The number of imidazole rings is 1. The van der Waals surface area contributed by atoms with Crippen LogP contribution in [0.25, 0.3) is 11.2 Å². The van der Waals surface area contributed by atoms with Crippen LogP contribution in [0.15, 0.2) is 38.9 Å². The summed E-state index contributed by atoms with van der Waals surface area (Å²) < 4.78 is 13.8. The van der Waals surface area contributed by atoms with Crippen molar-refractivity contribution in [3.63, 3.8) is 0 Å². The topological polar surface area (TPSA) is 101 Å². The monoisotopic (exact) mass is 318 g/mol. The Morgan fingerprint density at radius 2 is 2.09 bits per heavy atom. The van der Waals surface area contributed by atoms with E-state index >= 15 is 0 Å². The minimum absolute atomic E-state index is 0.0570. The van der Waals surface area contributed by atoms with E-state index in [2.05, 4.69) is 4.98 Å². The molecule has 0 aliphatic carbocycles. The summed E-state index contributed by atoms with van der Waals surface area (Å²) in [6, 6.07) is 1.50. The number of aromatic nitrogens is 4. The SMILES string of the molecule is Cn1c(=O)c2c(ncn2CCOC(=O)c2ccoc2)n(C)c1=O. The fraction of sp³-hybridized carbons (Fsp3) is 0.286. The average molecular weight is 318 g/mol. The highest BCUT2D eigenvalue weighted by Crippen LogP contribution is 2.06. The summed E-state index contributed by atoms with van der Waals surface area (Å²) in [5.74, 6) is -0.511. The number of carbonyl (C=O) groups excluding carboxylic acids is 1. The second-order valence-electron chi connectivity index (χ2n) is 4.96. The quantitative estimate of drug-likeness (QED) is 0.622. The van der Waals surface area contributed by atoms with Gasteiger partial charge in [-0.1, -0.05) is 0 Å². The average Bonchev–Trinajstić information content (AvgIpc) is 3.20. The first kappa shape index (κ1) is 14.8. The molecule has 0 saturated heterocycles. The summed E-state index contributed by atoms with van der Waals surface area (Å²) in [6.07, 6.45) is 4.11. The lowest BCUT2D eigenvalue weighted by Gasteiger charge is -2.07. The summed E-state index contributed by atoms with van der Waals surface area (Å²) in [6.45, 7) is 0.301. The highest BCUT2D eigenvalue weighted by molar-refractivity contribution is 5.88. The highest BCUT2D eigenvalue weighted by atomic mass is 16.5. The predicted molar refractivity (Wildman–Crippen MR) is 79.2 cm³/mol. The summed E-state index contributed by atoms with van der Waals surface area (Å²) in [5.41, 5.74) is 0.00733. The third-order valence-electron chi connectivity index (χ3n) is 3.54. The Morgan fingerprint density at radius 1 is 1.30 bits per heavy atom. The zero-order chi connectivity index (χ0) is 16.6. The molecule has 9 heteroatoms. The molecule has 9 nitrogen and oxygen atoms in total. The van der Waals surface area contributed by atoms with E-state index in [1.807, 2.05) is 0 Å². The molecule has 0 saturated carbocycles. The van der Waals surface area contributed by atoms with E-state index in [0.29, 0.717) is 11.2 Å². The van der Waals surface area contributed by atoms with Gasteiger partial charge in [0.25, 0.3) is 5.56 Å². The number of hydrogen-bond donors (Lipinski definition) is 0. The smallest absolute Gasteiger partial charge is 0.341 e. The largest absolute Gasteiger partial charge is 0.472 e. The maximum atomic E-state index is 12.2. The molecule has 120 valence electrons. The van der Waals surface area contributed by atoms with E-state index in [1.54, 1.807) is 11.6 Å². The molecule has 0 bridgehead atoms. The van der Waals surface area contributed by atoms with Crippen LogP contribution in [0.3, 0.4) is 0 Å². The van der Waals surface area contributed by atoms with E-state index in [0.717, 1.165) is 4.57 Å². The number of aryl methyl sites for hydroxylation is 1. The van der Waals surface area contributed by atoms with Gasteiger partial charge in [0.15, 0.2) is 11.2 Å². The molecule has 23 heavy (non-hydrogen) atoms. The van der Waals surface area contributed by atoms with E-state index in [1.165, 1.54) is 36.5 Å². The van der Waals surface area contributed by atoms with Crippen LogP contribution in [-0.4, -0.2) is 31.3 Å². The van der Waals surface area contributed by atoms with Crippen molar-refractivity contribution in [2.24, 2.45) is 14.1 Å². The Kier molecular flexibility index (Phi) is 3.61. The Bertz CT molecular complexity index is 977. The van der Waals surface area contributed by atoms with E-state index in [9.17, 15) is 14.4 Å². The summed E-state index contributed by atoms with van der Waals surface area (Å²) >= 11 is 0. The van der Waals surface area contributed by atoms with Crippen molar-refractivity contribution in [3.05, 3.63) is 51.3 Å². The fourth-order valence-electron chi connectivity index (χ4n) is 2.27. The van der Waals surface area contributed by atoms with E-state index < -0.39 is 17.2 Å². The Balaban J connectivity index is 1.83. The van der Waals surface area contributed by atoms with Crippen LogP contribution >= 0.6 is 0 Å². The number of esters is 1. The lowest BCUT2D eigenvalue weighted by Crippen LogP contribution is -2.37. The molecule has 0 radical (unpaired) electrons. The second-order valence-corrected chi connectivity index (χ2v) is 4.96. The van der Waals surface area contributed by atoms with Gasteiger partial charge >= 0.3 is 11.7 Å². The van der Waals surface area contributed by atoms with Crippen LogP contribution in [0.2, 0.25) is 0 Å². The van der Waals surface area contributed by atoms with Crippen molar-refractivity contribution in [1.29, 1.82) is 0 Å². The number of carbonyl (C=O) groups is 1. The molecule has 0 aromatic carbocycles. The molecular formula is C14H14N4O5. The Hall–Kier alpha value is -3.10. The van der Waals surface area contributed by atoms with Gasteiger partial charge in [-0.05, 0) is 6.07 Å². The number of rotatable bonds is 4.